The molecule has 0 saturated carbocycles. The van der Waals surface area contributed by atoms with Gasteiger partial charge < -0.3 is 5.32 Å². The lowest BCUT2D eigenvalue weighted by molar-refractivity contribution is 0.693. The fourth-order valence-corrected chi connectivity index (χ4v) is 3.49. The van der Waals surface area contributed by atoms with Gasteiger partial charge in [-0.2, -0.15) is 0 Å². The van der Waals surface area contributed by atoms with Gasteiger partial charge in [-0.05, 0) is 54.4 Å². The summed E-state index contributed by atoms with van der Waals surface area (Å²) in [5.74, 6) is 0. The van der Waals surface area contributed by atoms with Crippen molar-refractivity contribution in [1.29, 1.82) is 0 Å². The average molecular weight is 324 g/mol. The summed E-state index contributed by atoms with van der Waals surface area (Å²) in [6, 6.07) is 10.9. The highest BCUT2D eigenvalue weighted by Gasteiger charge is 2.02. The molecule has 0 atom stereocenters. The van der Waals surface area contributed by atoms with Crippen molar-refractivity contribution in [3.05, 3.63) is 55.7 Å². The van der Waals surface area contributed by atoms with E-state index in [1.165, 1.54) is 25.4 Å². The minimum atomic E-state index is 0.961. The van der Waals surface area contributed by atoms with Crippen LogP contribution < -0.4 is 5.32 Å². The Bertz CT molecular complexity index is 499. The summed E-state index contributed by atoms with van der Waals surface area (Å²) in [4.78, 5) is 2.74. The molecule has 0 bridgehead atoms. The Morgan fingerprint density at radius 1 is 1.22 bits per heavy atom. The molecule has 2 rings (SSSR count). The highest BCUT2D eigenvalue weighted by atomic mass is 79.9. The van der Waals surface area contributed by atoms with Gasteiger partial charge in [0.25, 0.3) is 0 Å². The van der Waals surface area contributed by atoms with Crippen molar-refractivity contribution < 1.29 is 0 Å². The van der Waals surface area contributed by atoms with Crippen LogP contribution in [0.15, 0.2) is 34.8 Å². The molecule has 0 aliphatic heterocycles. The molecule has 0 aliphatic carbocycles. The Labute approximate surface area is 121 Å². The number of nitrogens with one attached hydrogen (secondary N) is 1. The molecular formula is C15H18BrNS. The fraction of sp³-hybridized carbons (Fsp3) is 0.333. The van der Waals surface area contributed by atoms with Gasteiger partial charge in [0.2, 0.25) is 0 Å². The van der Waals surface area contributed by atoms with Crippen molar-refractivity contribution in [1.82, 2.24) is 5.32 Å². The van der Waals surface area contributed by atoms with Crippen LogP contribution in [0.3, 0.4) is 0 Å². The zero-order valence-electron chi connectivity index (χ0n) is 10.8. The van der Waals surface area contributed by atoms with Gasteiger partial charge >= 0.3 is 0 Å². The molecule has 1 heterocycles. The van der Waals surface area contributed by atoms with Crippen molar-refractivity contribution in [3.8, 4) is 0 Å². The van der Waals surface area contributed by atoms with E-state index in [2.05, 4.69) is 65.4 Å². The van der Waals surface area contributed by atoms with Gasteiger partial charge in [0.15, 0.2) is 0 Å². The molecule has 3 heteroatoms. The predicted molar refractivity (Wildman–Crippen MR) is 83.3 cm³/mol. The summed E-state index contributed by atoms with van der Waals surface area (Å²) in [7, 11) is 0. The van der Waals surface area contributed by atoms with E-state index in [1.54, 1.807) is 0 Å². The molecule has 0 amide bonds. The van der Waals surface area contributed by atoms with Crippen LogP contribution >= 0.6 is 27.3 Å². The smallest absolute Gasteiger partial charge is 0.0314 e. The number of hydrogen-bond acceptors (Lipinski definition) is 2. The summed E-state index contributed by atoms with van der Waals surface area (Å²) in [6.07, 6.45) is 1.09. The maximum Gasteiger partial charge on any atom is 0.0314 e. The van der Waals surface area contributed by atoms with E-state index < -0.39 is 0 Å². The maximum atomic E-state index is 3.55. The van der Waals surface area contributed by atoms with Gasteiger partial charge in [-0.3, -0.25) is 0 Å². The van der Waals surface area contributed by atoms with Crippen molar-refractivity contribution in [3.63, 3.8) is 0 Å². The lowest BCUT2D eigenvalue weighted by Crippen LogP contribution is -2.15. The quantitative estimate of drug-likeness (QED) is 0.801. The summed E-state index contributed by atoms with van der Waals surface area (Å²) in [6.45, 7) is 6.27. The highest BCUT2D eigenvalue weighted by molar-refractivity contribution is 9.10. The third-order valence-corrected chi connectivity index (χ3v) is 5.02. The van der Waals surface area contributed by atoms with Crippen molar-refractivity contribution in [2.45, 2.75) is 26.8 Å². The molecule has 1 nitrogen and oxygen atoms in total. The molecule has 1 aromatic carbocycles. The second-order valence-corrected chi connectivity index (χ2v) is 6.73. The SMILES string of the molecule is Cc1cccc(CCNCc2cc(Br)c(C)s2)c1. The molecule has 0 unspecified atom stereocenters. The largest absolute Gasteiger partial charge is 0.312 e. The summed E-state index contributed by atoms with van der Waals surface area (Å²) in [5.41, 5.74) is 2.75. The van der Waals surface area contributed by atoms with Crippen LogP contribution in [0, 0.1) is 13.8 Å². The maximum absolute atomic E-state index is 3.55. The first-order chi connectivity index (χ1) is 8.65. The Kier molecular flexibility index (Phi) is 4.98. The summed E-state index contributed by atoms with van der Waals surface area (Å²) < 4.78 is 1.22. The number of thiophene rings is 1. The summed E-state index contributed by atoms with van der Waals surface area (Å²) >= 11 is 5.41. The van der Waals surface area contributed by atoms with E-state index >= 15 is 0 Å². The van der Waals surface area contributed by atoms with Crippen LogP contribution in [0.2, 0.25) is 0 Å². The van der Waals surface area contributed by atoms with Gasteiger partial charge in [-0.1, -0.05) is 29.8 Å². The Morgan fingerprint density at radius 2 is 2.06 bits per heavy atom. The van der Waals surface area contributed by atoms with E-state index in [9.17, 15) is 0 Å². The first-order valence-corrected chi connectivity index (χ1v) is 7.77. The Balaban J connectivity index is 1.76. The van der Waals surface area contributed by atoms with Gasteiger partial charge in [-0.25, -0.2) is 0 Å². The normalized spacial score (nSPS) is 10.8. The molecule has 18 heavy (non-hydrogen) atoms. The minimum absolute atomic E-state index is 0.961. The van der Waals surface area contributed by atoms with Crippen LogP contribution in [-0.4, -0.2) is 6.54 Å². The first kappa shape index (κ1) is 13.8. The van der Waals surface area contributed by atoms with Gasteiger partial charge in [-0.15, -0.1) is 11.3 Å². The molecule has 96 valence electrons. The van der Waals surface area contributed by atoms with E-state index in [0.29, 0.717) is 0 Å². The van der Waals surface area contributed by atoms with E-state index in [0.717, 1.165) is 19.5 Å². The second kappa shape index (κ2) is 6.50. The monoisotopic (exact) mass is 323 g/mol. The van der Waals surface area contributed by atoms with Crippen molar-refractivity contribution >= 4 is 27.3 Å². The van der Waals surface area contributed by atoms with Gasteiger partial charge in [0.05, 0.1) is 0 Å². The van der Waals surface area contributed by atoms with Crippen molar-refractivity contribution in [2.24, 2.45) is 0 Å². The number of halogens is 1. The standard InChI is InChI=1S/C15H18BrNS/c1-11-4-3-5-13(8-11)6-7-17-10-14-9-15(16)12(2)18-14/h3-5,8-9,17H,6-7,10H2,1-2H3. The molecule has 0 radical (unpaired) electrons. The topological polar surface area (TPSA) is 12.0 Å². The predicted octanol–water partition coefficient (Wildman–Crippen LogP) is 4.46. The molecule has 0 saturated heterocycles. The van der Waals surface area contributed by atoms with E-state index in [1.807, 2.05) is 11.3 Å². The lowest BCUT2D eigenvalue weighted by Gasteiger charge is -2.04. The molecular weight excluding hydrogens is 306 g/mol. The third kappa shape index (κ3) is 3.94. The van der Waals surface area contributed by atoms with Gasteiger partial charge in [0.1, 0.15) is 0 Å². The van der Waals surface area contributed by atoms with E-state index in [-0.39, 0.29) is 0 Å². The van der Waals surface area contributed by atoms with Crippen molar-refractivity contribution in [2.75, 3.05) is 6.54 Å². The molecule has 0 spiro atoms. The first-order valence-electron chi connectivity index (χ1n) is 6.16. The Morgan fingerprint density at radius 3 is 2.72 bits per heavy atom. The van der Waals surface area contributed by atoms with Crippen LogP contribution in [-0.2, 0) is 13.0 Å². The zero-order chi connectivity index (χ0) is 13.0. The van der Waals surface area contributed by atoms with E-state index in [4.69, 9.17) is 0 Å². The summed E-state index contributed by atoms with van der Waals surface area (Å²) in [5, 5.41) is 3.50. The average Bonchev–Trinajstić information content (AvgIpc) is 2.65. The molecule has 2 aromatic rings. The lowest BCUT2D eigenvalue weighted by atomic mass is 10.1. The number of aryl methyl sites for hydroxylation is 2. The van der Waals surface area contributed by atoms with Gasteiger partial charge in [0, 0.05) is 20.8 Å². The number of benzene rings is 1. The number of rotatable bonds is 5. The molecule has 1 aromatic heterocycles. The van der Waals surface area contributed by atoms with Crippen LogP contribution in [0.1, 0.15) is 20.9 Å². The second-order valence-electron chi connectivity index (χ2n) is 4.53. The molecule has 1 N–H and O–H groups in total. The number of hydrogen-bond donors (Lipinski definition) is 1. The highest BCUT2D eigenvalue weighted by Crippen LogP contribution is 2.25. The molecule has 0 fully saturated rings. The fourth-order valence-electron chi connectivity index (χ4n) is 1.92. The van der Waals surface area contributed by atoms with Crippen LogP contribution in [0.4, 0.5) is 0 Å². The Hall–Kier alpha value is -0.640. The third-order valence-electron chi connectivity index (χ3n) is 2.88. The van der Waals surface area contributed by atoms with Crippen LogP contribution in [0.25, 0.3) is 0 Å². The van der Waals surface area contributed by atoms with Crippen LogP contribution in [0.5, 0.6) is 0 Å². The minimum Gasteiger partial charge on any atom is -0.312 e. The zero-order valence-corrected chi connectivity index (χ0v) is 13.2. The molecule has 0 aliphatic rings.